The average molecular weight is 394 g/mol. The molecule has 2 aromatic rings. The number of piperidine rings is 1. The van der Waals surface area contributed by atoms with E-state index in [4.69, 9.17) is 12.2 Å². The van der Waals surface area contributed by atoms with E-state index in [0.717, 1.165) is 50.0 Å². The van der Waals surface area contributed by atoms with Crippen molar-refractivity contribution < 1.29 is 4.79 Å². The third-order valence-corrected chi connectivity index (χ3v) is 5.93. The summed E-state index contributed by atoms with van der Waals surface area (Å²) < 4.78 is 0. The van der Waals surface area contributed by atoms with Gasteiger partial charge in [0.2, 0.25) is 0 Å². The molecule has 1 atom stereocenters. The van der Waals surface area contributed by atoms with E-state index >= 15 is 0 Å². The molecule has 146 valence electrons. The molecule has 0 unspecified atom stereocenters. The second-order valence-corrected chi connectivity index (χ2v) is 8.08. The number of aryl methyl sites for hydroxylation is 1. The highest BCUT2D eigenvalue weighted by Gasteiger charge is 2.21. The van der Waals surface area contributed by atoms with Gasteiger partial charge in [0.1, 0.15) is 0 Å². The Morgan fingerprint density at radius 3 is 2.50 bits per heavy atom. The Balaban J connectivity index is 1.36. The van der Waals surface area contributed by atoms with Gasteiger partial charge in [0.25, 0.3) is 5.91 Å². The third-order valence-electron chi connectivity index (χ3n) is 5.71. The number of likely N-dealkylation sites (tertiary alicyclic amines) is 1. The molecule has 1 aliphatic carbocycles. The lowest BCUT2D eigenvalue weighted by molar-refractivity contribution is 0.0724. The van der Waals surface area contributed by atoms with Crippen molar-refractivity contribution in [1.29, 1.82) is 0 Å². The molecule has 2 N–H and O–H groups in total. The highest BCUT2D eigenvalue weighted by molar-refractivity contribution is 7.80. The Morgan fingerprint density at radius 1 is 0.964 bits per heavy atom. The van der Waals surface area contributed by atoms with E-state index in [1.165, 1.54) is 24.0 Å². The van der Waals surface area contributed by atoms with Gasteiger partial charge in [-0.1, -0.05) is 24.3 Å². The van der Waals surface area contributed by atoms with Crippen LogP contribution >= 0.6 is 12.2 Å². The van der Waals surface area contributed by atoms with Crippen molar-refractivity contribution in [1.82, 2.24) is 10.2 Å². The predicted molar refractivity (Wildman–Crippen MR) is 118 cm³/mol. The minimum atomic E-state index is 0.130. The number of thiocarbonyl (C=S) groups is 1. The minimum absolute atomic E-state index is 0.130. The Morgan fingerprint density at radius 2 is 1.71 bits per heavy atom. The summed E-state index contributed by atoms with van der Waals surface area (Å²) in [6.45, 7) is 1.74. The first-order chi connectivity index (χ1) is 13.7. The van der Waals surface area contributed by atoms with Crippen LogP contribution in [0.4, 0.5) is 5.69 Å². The molecule has 4 nitrogen and oxygen atoms in total. The van der Waals surface area contributed by atoms with E-state index in [0.29, 0.717) is 5.11 Å². The van der Waals surface area contributed by atoms with E-state index in [9.17, 15) is 4.79 Å². The van der Waals surface area contributed by atoms with Gasteiger partial charge < -0.3 is 15.5 Å². The fraction of sp³-hybridized carbons (Fsp3) is 0.391. The predicted octanol–water partition coefficient (Wildman–Crippen LogP) is 4.68. The van der Waals surface area contributed by atoms with Crippen LogP contribution in [0.3, 0.4) is 0 Å². The molecule has 0 saturated carbocycles. The number of benzene rings is 2. The highest BCUT2D eigenvalue weighted by Crippen LogP contribution is 2.29. The molecular formula is C23H27N3OS. The molecular weight excluding hydrogens is 366 g/mol. The zero-order valence-electron chi connectivity index (χ0n) is 16.1. The number of rotatable bonds is 3. The van der Waals surface area contributed by atoms with Crippen LogP contribution < -0.4 is 10.6 Å². The molecule has 28 heavy (non-hydrogen) atoms. The van der Waals surface area contributed by atoms with Crippen molar-refractivity contribution in [2.24, 2.45) is 0 Å². The molecule has 4 rings (SSSR count). The first-order valence-corrected chi connectivity index (χ1v) is 10.7. The number of carbonyl (C=O) groups excluding carboxylic acids is 1. The van der Waals surface area contributed by atoms with Gasteiger partial charge in [-0.15, -0.1) is 0 Å². The van der Waals surface area contributed by atoms with Gasteiger partial charge in [-0.05, 0) is 86.1 Å². The molecule has 1 saturated heterocycles. The SMILES string of the molecule is O=C(c1ccc(NC(=S)N[C@@H]2CCCc3ccccc32)cc1)N1CCCCC1. The van der Waals surface area contributed by atoms with Gasteiger partial charge in [0, 0.05) is 24.3 Å². The summed E-state index contributed by atoms with van der Waals surface area (Å²) in [5.41, 5.74) is 4.40. The van der Waals surface area contributed by atoms with Crippen LogP contribution in [0.1, 0.15) is 59.6 Å². The van der Waals surface area contributed by atoms with E-state index in [1.54, 1.807) is 0 Å². The molecule has 1 amide bonds. The Labute approximate surface area is 172 Å². The van der Waals surface area contributed by atoms with Crippen LogP contribution in [0.15, 0.2) is 48.5 Å². The number of fused-ring (bicyclic) bond motifs is 1. The number of nitrogens with one attached hydrogen (secondary N) is 2. The average Bonchev–Trinajstić information content (AvgIpc) is 2.75. The van der Waals surface area contributed by atoms with Gasteiger partial charge in [-0.25, -0.2) is 0 Å². The lowest BCUT2D eigenvalue weighted by Crippen LogP contribution is -2.35. The largest absolute Gasteiger partial charge is 0.356 e. The van der Waals surface area contributed by atoms with Crippen molar-refractivity contribution in [2.75, 3.05) is 18.4 Å². The van der Waals surface area contributed by atoms with E-state index in [-0.39, 0.29) is 11.9 Å². The number of carbonyl (C=O) groups is 1. The minimum Gasteiger partial charge on any atom is -0.356 e. The quantitative estimate of drug-likeness (QED) is 0.744. The number of hydrogen-bond donors (Lipinski definition) is 2. The molecule has 0 aromatic heterocycles. The molecule has 1 heterocycles. The van der Waals surface area contributed by atoms with Crippen molar-refractivity contribution in [3.05, 3.63) is 65.2 Å². The Bertz CT molecular complexity index is 843. The van der Waals surface area contributed by atoms with Gasteiger partial charge in [0.05, 0.1) is 6.04 Å². The normalized spacial score (nSPS) is 18.9. The van der Waals surface area contributed by atoms with E-state index in [1.807, 2.05) is 29.2 Å². The lowest BCUT2D eigenvalue weighted by atomic mass is 9.88. The van der Waals surface area contributed by atoms with Crippen LogP contribution in [0.25, 0.3) is 0 Å². The number of nitrogens with zero attached hydrogens (tertiary/aromatic N) is 1. The molecule has 1 fully saturated rings. The van der Waals surface area contributed by atoms with Crippen LogP contribution in [-0.4, -0.2) is 29.0 Å². The molecule has 5 heteroatoms. The summed E-state index contributed by atoms with van der Waals surface area (Å²) in [5, 5.41) is 7.34. The molecule has 0 bridgehead atoms. The summed E-state index contributed by atoms with van der Waals surface area (Å²) in [6.07, 6.45) is 6.83. The number of hydrogen-bond acceptors (Lipinski definition) is 2. The fourth-order valence-electron chi connectivity index (χ4n) is 4.21. The zero-order chi connectivity index (χ0) is 19.3. The Hall–Kier alpha value is -2.40. The van der Waals surface area contributed by atoms with Crippen LogP contribution in [0, 0.1) is 0 Å². The van der Waals surface area contributed by atoms with Gasteiger partial charge in [-0.2, -0.15) is 0 Å². The molecule has 0 spiro atoms. The van der Waals surface area contributed by atoms with Crippen LogP contribution in [0.5, 0.6) is 0 Å². The maximum atomic E-state index is 12.6. The second-order valence-electron chi connectivity index (χ2n) is 7.67. The summed E-state index contributed by atoms with van der Waals surface area (Å²) in [5.74, 6) is 0.130. The molecule has 2 aromatic carbocycles. The van der Waals surface area contributed by atoms with Gasteiger partial charge in [-0.3, -0.25) is 4.79 Å². The van der Waals surface area contributed by atoms with Gasteiger partial charge >= 0.3 is 0 Å². The smallest absolute Gasteiger partial charge is 0.253 e. The van der Waals surface area contributed by atoms with Crippen LogP contribution in [-0.2, 0) is 6.42 Å². The molecule has 1 aliphatic heterocycles. The number of amides is 1. The topological polar surface area (TPSA) is 44.4 Å². The van der Waals surface area contributed by atoms with Gasteiger partial charge in [0.15, 0.2) is 5.11 Å². The summed E-state index contributed by atoms with van der Waals surface area (Å²) in [7, 11) is 0. The summed E-state index contributed by atoms with van der Waals surface area (Å²) in [6, 6.07) is 16.5. The second kappa shape index (κ2) is 8.74. The lowest BCUT2D eigenvalue weighted by Gasteiger charge is -2.27. The van der Waals surface area contributed by atoms with E-state index in [2.05, 4.69) is 34.9 Å². The van der Waals surface area contributed by atoms with Crippen molar-refractivity contribution >= 4 is 28.9 Å². The van der Waals surface area contributed by atoms with E-state index < -0.39 is 0 Å². The monoisotopic (exact) mass is 393 g/mol. The summed E-state index contributed by atoms with van der Waals surface area (Å²) in [4.78, 5) is 14.5. The van der Waals surface area contributed by atoms with Crippen molar-refractivity contribution in [2.45, 2.75) is 44.6 Å². The first kappa shape index (κ1) is 18.9. The fourth-order valence-corrected chi connectivity index (χ4v) is 4.47. The van der Waals surface area contributed by atoms with Crippen molar-refractivity contribution in [3.8, 4) is 0 Å². The maximum Gasteiger partial charge on any atom is 0.253 e. The maximum absolute atomic E-state index is 12.6. The molecule has 2 aliphatic rings. The van der Waals surface area contributed by atoms with Crippen LogP contribution in [0.2, 0.25) is 0 Å². The standard InChI is InChI=1S/C23H27N3OS/c27-22(26-15-4-1-5-16-26)18-11-13-19(14-12-18)24-23(28)25-21-10-6-8-17-7-2-3-9-20(17)21/h2-3,7,9,11-14,21H,1,4-6,8,10,15-16H2,(H2,24,25,28)/t21-/m1/s1. The third kappa shape index (κ3) is 4.36. The molecule has 0 radical (unpaired) electrons. The highest BCUT2D eigenvalue weighted by atomic mass is 32.1. The number of anilines is 1. The summed E-state index contributed by atoms with van der Waals surface area (Å²) >= 11 is 5.54. The first-order valence-electron chi connectivity index (χ1n) is 10.3. The Kier molecular flexibility index (Phi) is 5.91. The van der Waals surface area contributed by atoms with Crippen molar-refractivity contribution in [3.63, 3.8) is 0 Å². The zero-order valence-corrected chi connectivity index (χ0v) is 16.9.